The minimum Gasteiger partial charge on any atom is -0.383 e. The Morgan fingerprint density at radius 3 is 2.56 bits per heavy atom. The number of nitrogen functional groups attached to an aromatic ring is 1. The van der Waals surface area contributed by atoms with E-state index in [-0.39, 0.29) is 11.7 Å². The fraction of sp³-hybridized carbons (Fsp3) is 0.217. The van der Waals surface area contributed by atoms with Crippen LogP contribution in [0.3, 0.4) is 0 Å². The van der Waals surface area contributed by atoms with E-state index in [1.54, 1.807) is 43.1 Å². The average molecular weight is 433 g/mol. The molecule has 0 spiro atoms. The maximum absolute atomic E-state index is 14.8. The number of hydrogen-bond acceptors (Lipinski definition) is 6. The molecular weight excluding hydrogens is 412 g/mol. The summed E-state index contributed by atoms with van der Waals surface area (Å²) in [5, 5.41) is 4.16. The molecule has 0 amide bonds. The Balaban J connectivity index is 1.49. The highest BCUT2D eigenvalue weighted by atomic mass is 19.1. The minimum absolute atomic E-state index is 0.0118. The maximum Gasteiger partial charge on any atom is 0.231 e. The lowest BCUT2D eigenvalue weighted by atomic mass is 9.97. The van der Waals surface area contributed by atoms with Crippen LogP contribution in [0, 0.1) is 18.6 Å². The van der Waals surface area contributed by atoms with Gasteiger partial charge in [0.05, 0.1) is 5.69 Å². The molecule has 0 aliphatic heterocycles. The van der Waals surface area contributed by atoms with Gasteiger partial charge in [0.25, 0.3) is 0 Å². The average Bonchev–Trinajstić information content (AvgIpc) is 3.40. The van der Waals surface area contributed by atoms with Crippen LogP contribution in [-0.4, -0.2) is 31.8 Å². The topological polar surface area (TPSA) is 85.8 Å². The molecule has 2 aromatic heterocycles. The van der Waals surface area contributed by atoms with Crippen LogP contribution in [0.4, 0.5) is 26.2 Å². The number of benzene rings is 2. The Labute approximate surface area is 183 Å². The smallest absolute Gasteiger partial charge is 0.231 e. The van der Waals surface area contributed by atoms with Crippen molar-refractivity contribution in [3.8, 4) is 5.69 Å². The lowest BCUT2D eigenvalue weighted by Gasteiger charge is -2.20. The van der Waals surface area contributed by atoms with Gasteiger partial charge in [0, 0.05) is 24.2 Å². The van der Waals surface area contributed by atoms with Crippen molar-refractivity contribution in [1.82, 2.24) is 24.7 Å². The fourth-order valence-electron chi connectivity index (χ4n) is 4.11. The van der Waals surface area contributed by atoms with Crippen LogP contribution in [-0.2, 0) is 6.42 Å². The van der Waals surface area contributed by atoms with Crippen molar-refractivity contribution in [2.75, 3.05) is 17.7 Å². The van der Waals surface area contributed by atoms with Crippen LogP contribution in [0.1, 0.15) is 35.0 Å². The van der Waals surface area contributed by atoms with E-state index in [9.17, 15) is 8.78 Å². The van der Waals surface area contributed by atoms with E-state index in [2.05, 4.69) is 15.1 Å². The molecule has 1 unspecified atom stereocenters. The summed E-state index contributed by atoms with van der Waals surface area (Å²) in [4.78, 5) is 15.0. The summed E-state index contributed by atoms with van der Waals surface area (Å²) in [6.07, 6.45) is 3.05. The van der Waals surface area contributed by atoms with Crippen LogP contribution < -0.4 is 10.6 Å². The Morgan fingerprint density at radius 1 is 1.09 bits per heavy atom. The molecule has 0 saturated heterocycles. The third-order valence-corrected chi connectivity index (χ3v) is 5.82. The van der Waals surface area contributed by atoms with Gasteiger partial charge in [0.15, 0.2) is 5.82 Å². The van der Waals surface area contributed by atoms with E-state index in [0.29, 0.717) is 29.0 Å². The molecule has 0 bridgehead atoms. The molecule has 1 aliphatic carbocycles. The Kier molecular flexibility index (Phi) is 4.80. The monoisotopic (exact) mass is 433 g/mol. The second-order valence-electron chi connectivity index (χ2n) is 7.85. The third kappa shape index (κ3) is 3.45. The number of halogens is 2. The van der Waals surface area contributed by atoms with Gasteiger partial charge in [-0.1, -0.05) is 12.1 Å². The summed E-state index contributed by atoms with van der Waals surface area (Å²) in [5.41, 5.74) is 9.86. The van der Waals surface area contributed by atoms with Crippen LogP contribution in [0.15, 0.2) is 48.8 Å². The number of nitrogens with two attached hydrogens (primary N) is 1. The van der Waals surface area contributed by atoms with Gasteiger partial charge in [-0.05, 0) is 55.7 Å². The number of aromatic nitrogens is 5. The highest BCUT2D eigenvalue weighted by molar-refractivity contribution is 5.62. The van der Waals surface area contributed by atoms with E-state index in [4.69, 9.17) is 10.7 Å². The molecule has 162 valence electrons. The molecule has 9 heteroatoms. The van der Waals surface area contributed by atoms with E-state index in [0.717, 1.165) is 29.7 Å². The van der Waals surface area contributed by atoms with Crippen LogP contribution in [0.25, 0.3) is 5.69 Å². The van der Waals surface area contributed by atoms with Gasteiger partial charge < -0.3 is 10.6 Å². The molecule has 7 nitrogen and oxygen atoms in total. The van der Waals surface area contributed by atoms with Gasteiger partial charge in [-0.25, -0.2) is 23.4 Å². The molecule has 2 N–H and O–H groups in total. The van der Waals surface area contributed by atoms with Crippen LogP contribution in [0.2, 0.25) is 0 Å². The first-order valence-electron chi connectivity index (χ1n) is 10.2. The zero-order chi connectivity index (χ0) is 22.4. The van der Waals surface area contributed by atoms with Gasteiger partial charge in [-0.2, -0.15) is 10.1 Å². The standard InChI is InChI=1S/C23H21F2N7/c1-13-27-12-32(30-13)20-10-7-16(11-19(20)25)31(2)23-28-21-17(8-9-18(21)22(26)29-23)14-3-5-15(24)6-4-14/h3-7,10-12,17H,8-9H2,1-2H3,(H2,26,28,29). The maximum atomic E-state index is 14.8. The number of hydrogen-bond donors (Lipinski definition) is 1. The van der Waals surface area contributed by atoms with Crippen molar-refractivity contribution >= 4 is 17.5 Å². The second kappa shape index (κ2) is 7.67. The third-order valence-electron chi connectivity index (χ3n) is 5.82. The SMILES string of the molecule is Cc1ncn(-c2ccc(N(C)c3nc(N)c4c(n3)C(c3ccc(F)cc3)CC4)cc2F)n1. The van der Waals surface area contributed by atoms with E-state index < -0.39 is 5.82 Å². The van der Waals surface area contributed by atoms with Gasteiger partial charge in [-0.15, -0.1) is 0 Å². The van der Waals surface area contributed by atoms with Gasteiger partial charge in [0.2, 0.25) is 5.95 Å². The Hall–Kier alpha value is -3.88. The molecule has 0 fully saturated rings. The summed E-state index contributed by atoms with van der Waals surface area (Å²) in [6.45, 7) is 1.74. The van der Waals surface area contributed by atoms with Gasteiger partial charge >= 0.3 is 0 Å². The number of anilines is 3. The normalized spacial score (nSPS) is 15.1. The number of aryl methyl sites for hydroxylation is 1. The molecule has 0 saturated carbocycles. The predicted molar refractivity (Wildman–Crippen MR) is 117 cm³/mol. The largest absolute Gasteiger partial charge is 0.383 e. The van der Waals surface area contributed by atoms with Crippen LogP contribution >= 0.6 is 0 Å². The highest BCUT2D eigenvalue weighted by Crippen LogP contribution is 2.40. The Bertz CT molecular complexity index is 1300. The summed E-state index contributed by atoms with van der Waals surface area (Å²) < 4.78 is 29.6. The van der Waals surface area contributed by atoms with Gasteiger partial charge in [0.1, 0.15) is 29.5 Å². The molecule has 4 aromatic rings. The minimum atomic E-state index is -0.447. The van der Waals surface area contributed by atoms with E-state index in [1.807, 2.05) is 0 Å². The molecule has 1 atom stereocenters. The summed E-state index contributed by atoms with van der Waals surface area (Å²) in [7, 11) is 1.76. The molecule has 1 aliphatic rings. The Morgan fingerprint density at radius 2 is 1.88 bits per heavy atom. The van der Waals surface area contributed by atoms with Crippen molar-refractivity contribution in [2.24, 2.45) is 0 Å². The predicted octanol–water partition coefficient (Wildman–Crippen LogP) is 4.07. The molecular formula is C23H21F2N7. The lowest BCUT2D eigenvalue weighted by molar-refractivity contribution is 0.610. The van der Waals surface area contributed by atoms with Crippen molar-refractivity contribution in [3.63, 3.8) is 0 Å². The summed E-state index contributed by atoms with van der Waals surface area (Å²) in [5.74, 6) is 0.635. The lowest BCUT2D eigenvalue weighted by Crippen LogP contribution is -2.17. The molecule has 32 heavy (non-hydrogen) atoms. The van der Waals surface area contributed by atoms with E-state index in [1.165, 1.54) is 29.2 Å². The number of nitrogens with zero attached hydrogens (tertiary/aromatic N) is 6. The highest BCUT2D eigenvalue weighted by Gasteiger charge is 2.29. The second-order valence-corrected chi connectivity index (χ2v) is 7.85. The summed E-state index contributed by atoms with van der Waals surface area (Å²) in [6, 6.07) is 11.2. The zero-order valence-electron chi connectivity index (χ0n) is 17.6. The molecule has 5 rings (SSSR count). The number of fused-ring (bicyclic) bond motifs is 1. The van der Waals surface area contributed by atoms with Crippen molar-refractivity contribution in [1.29, 1.82) is 0 Å². The first kappa shape index (κ1) is 20.0. The van der Waals surface area contributed by atoms with E-state index >= 15 is 0 Å². The quantitative estimate of drug-likeness (QED) is 0.522. The molecule has 0 radical (unpaired) electrons. The zero-order valence-corrected chi connectivity index (χ0v) is 17.6. The molecule has 2 heterocycles. The number of rotatable bonds is 4. The molecule has 2 aromatic carbocycles. The first-order chi connectivity index (χ1) is 15.4. The van der Waals surface area contributed by atoms with Gasteiger partial charge in [-0.3, -0.25) is 0 Å². The van der Waals surface area contributed by atoms with Crippen LogP contribution in [0.5, 0.6) is 0 Å². The summed E-state index contributed by atoms with van der Waals surface area (Å²) >= 11 is 0. The van der Waals surface area contributed by atoms with Crippen molar-refractivity contribution in [3.05, 3.63) is 83.1 Å². The van der Waals surface area contributed by atoms with Crippen molar-refractivity contribution < 1.29 is 8.78 Å². The van der Waals surface area contributed by atoms with Crippen molar-refractivity contribution in [2.45, 2.75) is 25.7 Å². The first-order valence-corrected chi connectivity index (χ1v) is 10.2. The fourth-order valence-corrected chi connectivity index (χ4v) is 4.11.